The van der Waals surface area contributed by atoms with Crippen molar-refractivity contribution in [3.8, 4) is 17.1 Å². The second-order valence-electron chi connectivity index (χ2n) is 4.71. The fourth-order valence-electron chi connectivity index (χ4n) is 1.87. The lowest BCUT2D eigenvalue weighted by Gasteiger charge is -2.08. The normalized spacial score (nSPS) is 11.8. The number of halogens is 3. The Kier molecular flexibility index (Phi) is 4.29. The molecule has 0 saturated heterocycles. The number of rotatable bonds is 5. The first kappa shape index (κ1) is 16.4. The Labute approximate surface area is 138 Å². The molecule has 130 valence electrons. The van der Waals surface area contributed by atoms with Crippen LogP contribution in [0.15, 0.2) is 52.2 Å². The lowest BCUT2D eigenvalue weighted by molar-refractivity contribution is -0.274. The molecule has 2 aromatic heterocycles. The maximum absolute atomic E-state index is 12.1. The molecule has 0 radical (unpaired) electrons. The first-order valence-electron chi connectivity index (χ1n) is 6.81. The van der Waals surface area contributed by atoms with E-state index in [0.717, 1.165) is 4.68 Å². The summed E-state index contributed by atoms with van der Waals surface area (Å²) in [5.74, 6) is 6.31. The van der Waals surface area contributed by atoms with Crippen molar-refractivity contribution >= 4 is 12.2 Å². The summed E-state index contributed by atoms with van der Waals surface area (Å²) in [7, 11) is 0. The summed E-state index contributed by atoms with van der Waals surface area (Å²) in [4.78, 5) is 0. The molecule has 3 aromatic rings. The molecule has 25 heavy (non-hydrogen) atoms. The van der Waals surface area contributed by atoms with Gasteiger partial charge in [-0.25, -0.2) is 10.1 Å². The van der Waals surface area contributed by atoms with E-state index in [4.69, 9.17) is 10.3 Å². The van der Waals surface area contributed by atoms with E-state index in [1.54, 1.807) is 12.1 Å². The Morgan fingerprint density at radius 1 is 1.20 bits per heavy atom. The Balaban J connectivity index is 1.65. The second-order valence-corrected chi connectivity index (χ2v) is 4.71. The highest BCUT2D eigenvalue weighted by Crippen LogP contribution is 2.27. The molecule has 8 nitrogen and oxygen atoms in total. The average molecular weight is 352 g/mol. The van der Waals surface area contributed by atoms with Gasteiger partial charge in [-0.1, -0.05) is 0 Å². The molecule has 1 aromatic carbocycles. The number of nitrogens with two attached hydrogens (primary N) is 1. The predicted molar refractivity (Wildman–Crippen MR) is 82.2 cm³/mol. The number of ether oxygens (including phenoxy) is 1. The van der Waals surface area contributed by atoms with Crippen LogP contribution < -0.4 is 16.0 Å². The van der Waals surface area contributed by atoms with Crippen LogP contribution in [0.2, 0.25) is 0 Å². The van der Waals surface area contributed by atoms with Gasteiger partial charge in [-0.15, -0.1) is 23.4 Å². The van der Waals surface area contributed by atoms with Crippen molar-refractivity contribution in [3.63, 3.8) is 0 Å². The zero-order valence-electron chi connectivity index (χ0n) is 12.4. The third-order valence-electron chi connectivity index (χ3n) is 2.93. The number of aromatic nitrogens is 3. The van der Waals surface area contributed by atoms with Gasteiger partial charge in [0.25, 0.3) is 5.95 Å². The first-order valence-corrected chi connectivity index (χ1v) is 6.81. The van der Waals surface area contributed by atoms with Gasteiger partial charge in [0.1, 0.15) is 23.6 Å². The molecular weight excluding hydrogens is 341 g/mol. The van der Waals surface area contributed by atoms with E-state index in [2.05, 4.69) is 25.5 Å². The van der Waals surface area contributed by atoms with E-state index in [-0.39, 0.29) is 11.7 Å². The second kappa shape index (κ2) is 6.55. The van der Waals surface area contributed by atoms with Gasteiger partial charge < -0.3 is 15.0 Å². The summed E-state index contributed by atoms with van der Waals surface area (Å²) in [6.45, 7) is 0. The van der Waals surface area contributed by atoms with E-state index >= 15 is 0 Å². The fourth-order valence-corrected chi connectivity index (χ4v) is 1.87. The smallest absolute Gasteiger partial charge is 0.455 e. The zero-order valence-corrected chi connectivity index (χ0v) is 12.4. The summed E-state index contributed by atoms with van der Waals surface area (Å²) in [6.07, 6.45) is -2.04. The van der Waals surface area contributed by atoms with Gasteiger partial charge in [-0.05, 0) is 36.4 Å². The lowest BCUT2D eigenvalue weighted by Crippen LogP contribution is -2.16. The minimum absolute atomic E-state index is 0.239. The topological polar surface area (TPSA) is 103 Å². The van der Waals surface area contributed by atoms with Crippen molar-refractivity contribution in [2.45, 2.75) is 6.36 Å². The summed E-state index contributed by atoms with van der Waals surface area (Å²) < 4.78 is 46.9. The minimum Gasteiger partial charge on any atom is -0.455 e. The van der Waals surface area contributed by atoms with E-state index in [0.29, 0.717) is 17.1 Å². The molecule has 0 saturated carbocycles. The number of furan rings is 1. The van der Waals surface area contributed by atoms with Gasteiger partial charge in [-0.3, -0.25) is 0 Å². The largest absolute Gasteiger partial charge is 0.573 e. The van der Waals surface area contributed by atoms with Crippen LogP contribution in [0.3, 0.4) is 0 Å². The molecule has 0 spiro atoms. The Bertz CT molecular complexity index is 869. The van der Waals surface area contributed by atoms with E-state index < -0.39 is 6.36 Å². The standard InChI is InChI=1S/C14H11F3N6O2/c15-14(16,17)25-10-3-1-9(2-4-10)12-6-5-11(24-12)7-19-21-13-22-20-8-23(13)18/h1-8H,18H2,(H,21,22). The number of hydrogen-bond donors (Lipinski definition) is 2. The molecule has 3 rings (SSSR count). The highest BCUT2D eigenvalue weighted by atomic mass is 19.4. The van der Waals surface area contributed by atoms with E-state index in [9.17, 15) is 13.2 Å². The van der Waals surface area contributed by atoms with Crippen molar-refractivity contribution in [3.05, 3.63) is 48.5 Å². The zero-order chi connectivity index (χ0) is 17.9. The molecule has 0 bridgehead atoms. The number of hydrogen-bond acceptors (Lipinski definition) is 7. The van der Waals surface area contributed by atoms with Crippen LogP contribution in [0.5, 0.6) is 5.75 Å². The van der Waals surface area contributed by atoms with Crippen LogP contribution in [-0.4, -0.2) is 27.5 Å². The van der Waals surface area contributed by atoms with Crippen LogP contribution in [0, 0.1) is 0 Å². The summed E-state index contributed by atoms with van der Waals surface area (Å²) in [6, 6.07) is 8.62. The average Bonchev–Trinajstić information content (AvgIpc) is 3.16. The van der Waals surface area contributed by atoms with Gasteiger partial charge in [-0.2, -0.15) is 5.10 Å². The third kappa shape index (κ3) is 4.28. The number of benzene rings is 1. The lowest BCUT2D eigenvalue weighted by atomic mass is 10.2. The van der Waals surface area contributed by atoms with Crippen molar-refractivity contribution in [1.29, 1.82) is 0 Å². The van der Waals surface area contributed by atoms with Gasteiger partial charge in [0.2, 0.25) is 0 Å². The van der Waals surface area contributed by atoms with Crippen molar-refractivity contribution < 1.29 is 22.3 Å². The fraction of sp³-hybridized carbons (Fsp3) is 0.0714. The quantitative estimate of drug-likeness (QED) is 0.416. The number of nitrogens with one attached hydrogen (secondary N) is 1. The molecule has 0 aliphatic carbocycles. The minimum atomic E-state index is -4.73. The Morgan fingerprint density at radius 2 is 1.96 bits per heavy atom. The Hall–Kier alpha value is -3.50. The van der Waals surface area contributed by atoms with Gasteiger partial charge in [0.15, 0.2) is 0 Å². The molecule has 0 unspecified atom stereocenters. The summed E-state index contributed by atoms with van der Waals surface area (Å²) in [5, 5.41) is 11.1. The molecule has 11 heteroatoms. The van der Waals surface area contributed by atoms with Crippen LogP contribution >= 0.6 is 0 Å². The molecule has 0 atom stereocenters. The van der Waals surface area contributed by atoms with Crippen LogP contribution in [0.4, 0.5) is 19.1 Å². The summed E-state index contributed by atoms with van der Waals surface area (Å²) >= 11 is 0. The van der Waals surface area contributed by atoms with Crippen molar-refractivity contribution in [2.24, 2.45) is 5.10 Å². The monoisotopic (exact) mass is 352 g/mol. The molecule has 0 amide bonds. The number of hydrazone groups is 1. The molecule has 3 N–H and O–H groups in total. The maximum atomic E-state index is 12.1. The maximum Gasteiger partial charge on any atom is 0.573 e. The summed E-state index contributed by atoms with van der Waals surface area (Å²) in [5.41, 5.74) is 3.16. The van der Waals surface area contributed by atoms with Gasteiger partial charge >= 0.3 is 6.36 Å². The van der Waals surface area contributed by atoms with Gasteiger partial charge in [0, 0.05) is 5.56 Å². The van der Waals surface area contributed by atoms with Crippen LogP contribution in [0.1, 0.15) is 5.76 Å². The number of anilines is 1. The molecule has 0 aliphatic heterocycles. The van der Waals surface area contributed by atoms with Crippen LogP contribution in [-0.2, 0) is 0 Å². The first-order chi connectivity index (χ1) is 11.9. The predicted octanol–water partition coefficient (Wildman–Crippen LogP) is 2.60. The van der Waals surface area contributed by atoms with E-state index in [1.165, 1.54) is 36.8 Å². The molecular formula is C14H11F3N6O2. The number of nitrogens with zero attached hydrogens (tertiary/aromatic N) is 4. The SMILES string of the molecule is Nn1cnnc1NN=Cc1ccc(-c2ccc(OC(F)(F)F)cc2)o1. The van der Waals surface area contributed by atoms with Crippen molar-refractivity contribution in [2.75, 3.05) is 11.3 Å². The molecule has 0 fully saturated rings. The molecule has 2 heterocycles. The third-order valence-corrected chi connectivity index (χ3v) is 2.93. The Morgan fingerprint density at radius 3 is 2.60 bits per heavy atom. The van der Waals surface area contributed by atoms with E-state index in [1.807, 2.05) is 0 Å². The highest BCUT2D eigenvalue weighted by molar-refractivity contribution is 5.78. The van der Waals surface area contributed by atoms with Gasteiger partial charge in [0.05, 0.1) is 6.21 Å². The van der Waals surface area contributed by atoms with Crippen molar-refractivity contribution in [1.82, 2.24) is 14.9 Å². The number of alkyl halides is 3. The molecule has 0 aliphatic rings. The number of nitrogen functional groups attached to an aromatic ring is 1. The van der Waals surface area contributed by atoms with Crippen LogP contribution in [0.25, 0.3) is 11.3 Å². The highest BCUT2D eigenvalue weighted by Gasteiger charge is 2.30.